The highest BCUT2D eigenvalue weighted by molar-refractivity contribution is 4.93. The highest BCUT2D eigenvalue weighted by Crippen LogP contribution is 2.27. The fraction of sp³-hybridized carbons (Fsp3) is 0.909. The van der Waals surface area contributed by atoms with Crippen molar-refractivity contribution in [3.05, 3.63) is 0 Å². The van der Waals surface area contributed by atoms with Crippen LogP contribution in [0, 0.1) is 45.3 Å². The lowest BCUT2D eigenvalue weighted by Gasteiger charge is -2.25. The molecule has 4 atom stereocenters. The molecule has 0 saturated heterocycles. The molecule has 0 aromatic carbocycles. The van der Waals surface area contributed by atoms with Gasteiger partial charge in [-0.3, -0.25) is 0 Å². The van der Waals surface area contributed by atoms with Crippen LogP contribution in [0.3, 0.4) is 0 Å². The number of nitrogens with one attached hydrogen (secondary N) is 2. The summed E-state index contributed by atoms with van der Waals surface area (Å²) in [5.41, 5.74) is 0.593. The van der Waals surface area contributed by atoms with E-state index in [1.165, 1.54) is 0 Å². The summed E-state index contributed by atoms with van der Waals surface area (Å²) in [7, 11) is 0. The van der Waals surface area contributed by atoms with Crippen molar-refractivity contribution < 1.29 is 0 Å². The van der Waals surface area contributed by atoms with Crippen molar-refractivity contribution in [1.29, 1.82) is 10.5 Å². The van der Waals surface area contributed by atoms with Crippen LogP contribution in [0.4, 0.5) is 0 Å². The number of rotatable bonds is 11. The topological polar surface area (TPSA) is 71.6 Å². The first kappa shape index (κ1) is 24.9. The lowest BCUT2D eigenvalue weighted by Crippen LogP contribution is -2.39. The van der Waals surface area contributed by atoms with E-state index < -0.39 is 0 Å². The van der Waals surface area contributed by atoms with Gasteiger partial charge in [0.25, 0.3) is 0 Å². The van der Waals surface area contributed by atoms with Gasteiger partial charge in [-0.1, -0.05) is 55.4 Å². The molecule has 0 fully saturated rings. The Bertz CT molecular complexity index is 414. The van der Waals surface area contributed by atoms with E-state index in [-0.39, 0.29) is 12.1 Å². The second-order valence-electron chi connectivity index (χ2n) is 10.5. The Morgan fingerprint density at radius 3 is 1.23 bits per heavy atom. The summed E-state index contributed by atoms with van der Waals surface area (Å²) in [4.78, 5) is 0. The molecule has 4 heteroatoms. The zero-order valence-corrected chi connectivity index (χ0v) is 18.4. The average Bonchev–Trinajstić information content (AvgIpc) is 2.45. The fourth-order valence-corrected chi connectivity index (χ4v) is 3.92. The predicted molar refractivity (Wildman–Crippen MR) is 111 cm³/mol. The lowest BCUT2D eigenvalue weighted by atomic mass is 9.83. The molecule has 0 aliphatic rings. The SMILES string of the molecule is C[C@H](C[C@@H](C#N)NCCN[C@@H](C#N)C[C@H](C)CC(C)(C)C)CC(C)(C)C. The largest absolute Gasteiger partial charge is 0.301 e. The smallest absolute Gasteiger partial charge is 0.0955 e. The van der Waals surface area contributed by atoms with Crippen molar-refractivity contribution in [2.45, 2.75) is 93.2 Å². The van der Waals surface area contributed by atoms with Crippen molar-refractivity contribution in [3.8, 4) is 12.1 Å². The fourth-order valence-electron chi connectivity index (χ4n) is 3.92. The van der Waals surface area contributed by atoms with Gasteiger partial charge in [0, 0.05) is 13.1 Å². The number of hydrogen-bond donors (Lipinski definition) is 2. The Labute approximate surface area is 162 Å². The van der Waals surface area contributed by atoms with Crippen LogP contribution in [0.15, 0.2) is 0 Å². The van der Waals surface area contributed by atoms with Crippen LogP contribution in [0.1, 0.15) is 81.1 Å². The van der Waals surface area contributed by atoms with E-state index in [0.717, 1.165) is 25.7 Å². The number of nitrogens with zero attached hydrogens (tertiary/aromatic N) is 2. The van der Waals surface area contributed by atoms with E-state index in [0.29, 0.717) is 35.8 Å². The number of hydrogen-bond acceptors (Lipinski definition) is 4. The van der Waals surface area contributed by atoms with Crippen molar-refractivity contribution in [1.82, 2.24) is 10.6 Å². The minimum atomic E-state index is -0.116. The Morgan fingerprint density at radius 1 is 0.692 bits per heavy atom. The molecule has 0 radical (unpaired) electrons. The van der Waals surface area contributed by atoms with Gasteiger partial charge < -0.3 is 10.6 Å². The molecule has 0 aliphatic carbocycles. The van der Waals surface area contributed by atoms with E-state index in [9.17, 15) is 10.5 Å². The van der Waals surface area contributed by atoms with Crippen LogP contribution in [-0.4, -0.2) is 25.2 Å². The van der Waals surface area contributed by atoms with Crippen molar-refractivity contribution in [2.24, 2.45) is 22.7 Å². The van der Waals surface area contributed by atoms with E-state index in [2.05, 4.69) is 78.2 Å². The predicted octanol–water partition coefficient (Wildman–Crippen LogP) is 4.87. The summed E-state index contributed by atoms with van der Waals surface area (Å²) in [6.45, 7) is 19.3. The average molecular weight is 363 g/mol. The summed E-state index contributed by atoms with van der Waals surface area (Å²) >= 11 is 0. The second kappa shape index (κ2) is 11.6. The van der Waals surface area contributed by atoms with E-state index in [1.54, 1.807) is 0 Å². The Morgan fingerprint density at radius 2 is 1.00 bits per heavy atom. The minimum Gasteiger partial charge on any atom is -0.301 e. The van der Waals surface area contributed by atoms with Crippen molar-refractivity contribution in [2.75, 3.05) is 13.1 Å². The van der Waals surface area contributed by atoms with Gasteiger partial charge in [0.05, 0.1) is 24.2 Å². The third kappa shape index (κ3) is 14.1. The Hall–Kier alpha value is -1.10. The van der Waals surface area contributed by atoms with Gasteiger partial charge in [0.2, 0.25) is 0 Å². The van der Waals surface area contributed by atoms with E-state index >= 15 is 0 Å². The molecule has 4 nitrogen and oxygen atoms in total. The second-order valence-corrected chi connectivity index (χ2v) is 10.5. The molecule has 0 amide bonds. The monoisotopic (exact) mass is 362 g/mol. The molecule has 0 rings (SSSR count). The molecule has 26 heavy (non-hydrogen) atoms. The third-order valence-corrected chi connectivity index (χ3v) is 4.42. The maximum atomic E-state index is 9.37. The van der Waals surface area contributed by atoms with E-state index in [1.807, 2.05) is 0 Å². The molecule has 0 heterocycles. The Balaban J connectivity index is 4.16. The quantitative estimate of drug-likeness (QED) is 0.514. The van der Waals surface area contributed by atoms with Gasteiger partial charge in [-0.2, -0.15) is 10.5 Å². The zero-order chi connectivity index (χ0) is 20.4. The molecule has 0 aliphatic heterocycles. The van der Waals surface area contributed by atoms with Crippen LogP contribution < -0.4 is 10.6 Å². The van der Waals surface area contributed by atoms with E-state index in [4.69, 9.17) is 0 Å². The third-order valence-electron chi connectivity index (χ3n) is 4.42. The van der Waals surface area contributed by atoms with Gasteiger partial charge >= 0.3 is 0 Å². The summed E-state index contributed by atoms with van der Waals surface area (Å²) in [6, 6.07) is 4.52. The van der Waals surface area contributed by atoms with Gasteiger partial charge in [-0.15, -0.1) is 0 Å². The molecule has 0 saturated carbocycles. The minimum absolute atomic E-state index is 0.116. The van der Waals surface area contributed by atoms with Gasteiger partial charge in [-0.05, 0) is 48.3 Å². The standard InChI is InChI=1S/C22H42N4/c1-17(13-21(3,4)5)11-19(15-23)25-9-10-26-20(16-24)12-18(2)14-22(6,7)8/h17-20,25-26H,9-14H2,1-8H3/t17-,18+,19+,20-. The first-order chi connectivity index (χ1) is 11.9. The maximum Gasteiger partial charge on any atom is 0.0955 e. The van der Waals surface area contributed by atoms with Gasteiger partial charge in [0.1, 0.15) is 0 Å². The first-order valence-electron chi connectivity index (χ1n) is 10.1. The Kier molecular flexibility index (Phi) is 11.1. The highest BCUT2D eigenvalue weighted by atomic mass is 15.0. The van der Waals surface area contributed by atoms with Crippen LogP contribution in [0.5, 0.6) is 0 Å². The molecule has 0 spiro atoms. The summed E-state index contributed by atoms with van der Waals surface area (Å²) in [5, 5.41) is 25.4. The van der Waals surface area contributed by atoms with Gasteiger partial charge in [0.15, 0.2) is 0 Å². The molecule has 0 aromatic heterocycles. The highest BCUT2D eigenvalue weighted by Gasteiger charge is 2.20. The van der Waals surface area contributed by atoms with Gasteiger partial charge in [-0.25, -0.2) is 0 Å². The van der Waals surface area contributed by atoms with Crippen LogP contribution in [0.2, 0.25) is 0 Å². The van der Waals surface area contributed by atoms with Crippen LogP contribution in [0.25, 0.3) is 0 Å². The molecular weight excluding hydrogens is 320 g/mol. The molecule has 0 bridgehead atoms. The molecular formula is C22H42N4. The first-order valence-corrected chi connectivity index (χ1v) is 10.1. The number of nitriles is 2. The van der Waals surface area contributed by atoms with Crippen LogP contribution >= 0.6 is 0 Å². The zero-order valence-electron chi connectivity index (χ0n) is 18.4. The summed E-state index contributed by atoms with van der Waals surface area (Å²) in [6.07, 6.45) is 3.98. The normalized spacial score (nSPS) is 17.0. The summed E-state index contributed by atoms with van der Waals surface area (Å²) in [5.74, 6) is 1.04. The molecule has 0 unspecified atom stereocenters. The molecule has 0 aromatic rings. The molecule has 2 N–H and O–H groups in total. The lowest BCUT2D eigenvalue weighted by molar-refractivity contribution is 0.281. The summed E-state index contributed by atoms with van der Waals surface area (Å²) < 4.78 is 0. The molecule has 150 valence electrons. The van der Waals surface area contributed by atoms with Crippen LogP contribution in [-0.2, 0) is 0 Å². The van der Waals surface area contributed by atoms with Crippen molar-refractivity contribution >= 4 is 0 Å². The van der Waals surface area contributed by atoms with Crippen molar-refractivity contribution in [3.63, 3.8) is 0 Å². The maximum absolute atomic E-state index is 9.37.